The number of ether oxygens (including phenoxy) is 3. The number of hydrogen-bond acceptors (Lipinski definition) is 6. The first-order chi connectivity index (χ1) is 38.5. The number of allylic oxidation sites excluding steroid dienone is 6. The van der Waals surface area contributed by atoms with Crippen LogP contribution >= 0.6 is 0 Å². The highest BCUT2D eigenvalue weighted by molar-refractivity contribution is 5.71. The van der Waals surface area contributed by atoms with Gasteiger partial charge in [0.15, 0.2) is 6.10 Å². The Morgan fingerprint density at radius 3 is 0.756 bits per heavy atom. The minimum Gasteiger partial charge on any atom is -0.462 e. The van der Waals surface area contributed by atoms with E-state index < -0.39 is 6.10 Å². The standard InChI is InChI=1S/C72H134O6/c1-4-7-10-13-16-19-22-25-27-29-30-31-32-33-34-35-36-37-38-39-40-41-42-43-44-46-47-50-53-56-59-62-65-71(74)77-68-69(67-76-70(73)64-61-58-55-52-49-24-21-18-15-12-9-6-3)78-72(75)66-63-60-57-54-51-48-45-28-26-23-20-17-14-11-8-5-2/h18,20-21,23,28,45,69H,4-17,19,22,24-27,29-44,46-68H2,1-3H3/b21-18-,23-20-,45-28-. The van der Waals surface area contributed by atoms with E-state index in [-0.39, 0.29) is 31.1 Å². The maximum Gasteiger partial charge on any atom is 0.306 e. The molecule has 1 unspecified atom stereocenters. The molecule has 0 bridgehead atoms. The fourth-order valence-electron chi connectivity index (χ4n) is 10.6. The number of carbonyl (C=O) groups excluding carboxylic acids is 3. The fraction of sp³-hybridized carbons (Fsp3) is 0.875. The van der Waals surface area contributed by atoms with Gasteiger partial charge in [0.25, 0.3) is 0 Å². The van der Waals surface area contributed by atoms with Gasteiger partial charge in [-0.2, -0.15) is 0 Å². The second-order valence-corrected chi connectivity index (χ2v) is 23.8. The third kappa shape index (κ3) is 64.5. The van der Waals surface area contributed by atoms with Crippen LogP contribution in [0.3, 0.4) is 0 Å². The van der Waals surface area contributed by atoms with Crippen molar-refractivity contribution in [2.24, 2.45) is 0 Å². The predicted molar refractivity (Wildman–Crippen MR) is 339 cm³/mol. The Kier molecular flexibility index (Phi) is 65.1. The predicted octanol–water partition coefficient (Wildman–Crippen LogP) is 23.9. The van der Waals surface area contributed by atoms with E-state index in [9.17, 15) is 14.4 Å². The zero-order valence-corrected chi connectivity index (χ0v) is 52.7. The smallest absolute Gasteiger partial charge is 0.306 e. The lowest BCUT2D eigenvalue weighted by Crippen LogP contribution is -2.30. The van der Waals surface area contributed by atoms with Crippen molar-refractivity contribution in [3.05, 3.63) is 36.5 Å². The second-order valence-electron chi connectivity index (χ2n) is 23.8. The minimum atomic E-state index is -0.781. The summed E-state index contributed by atoms with van der Waals surface area (Å²) in [5, 5.41) is 0. The largest absolute Gasteiger partial charge is 0.462 e. The molecule has 0 N–H and O–H groups in total. The van der Waals surface area contributed by atoms with Crippen molar-refractivity contribution in [2.75, 3.05) is 13.2 Å². The molecule has 6 nitrogen and oxygen atoms in total. The van der Waals surface area contributed by atoms with E-state index in [2.05, 4.69) is 57.2 Å². The van der Waals surface area contributed by atoms with Crippen LogP contribution in [-0.4, -0.2) is 37.2 Å². The van der Waals surface area contributed by atoms with Crippen molar-refractivity contribution in [3.63, 3.8) is 0 Å². The summed E-state index contributed by atoms with van der Waals surface area (Å²) in [6, 6.07) is 0. The van der Waals surface area contributed by atoms with Crippen LogP contribution in [-0.2, 0) is 28.6 Å². The first kappa shape index (κ1) is 75.6. The summed E-state index contributed by atoms with van der Waals surface area (Å²) < 4.78 is 16.9. The molecule has 0 aliphatic carbocycles. The Morgan fingerprint density at radius 2 is 0.462 bits per heavy atom. The van der Waals surface area contributed by atoms with Crippen molar-refractivity contribution >= 4 is 17.9 Å². The summed E-state index contributed by atoms with van der Waals surface area (Å²) in [6.45, 7) is 6.64. The molecule has 0 aliphatic rings. The second kappa shape index (κ2) is 67.1. The molecule has 1 atom stereocenters. The van der Waals surface area contributed by atoms with Gasteiger partial charge in [0, 0.05) is 19.3 Å². The molecule has 0 rings (SSSR count). The molecule has 0 spiro atoms. The maximum absolute atomic E-state index is 12.9. The zero-order valence-electron chi connectivity index (χ0n) is 52.7. The van der Waals surface area contributed by atoms with Gasteiger partial charge < -0.3 is 14.2 Å². The Morgan fingerprint density at radius 1 is 0.256 bits per heavy atom. The molecule has 458 valence electrons. The van der Waals surface area contributed by atoms with Crippen molar-refractivity contribution < 1.29 is 28.6 Å². The van der Waals surface area contributed by atoms with Gasteiger partial charge in [-0.1, -0.05) is 327 Å². The molecule has 0 heterocycles. The zero-order chi connectivity index (χ0) is 56.4. The molecule has 0 amide bonds. The Bertz CT molecular complexity index is 1300. The average molecular weight is 1100 g/mol. The highest BCUT2D eigenvalue weighted by Gasteiger charge is 2.19. The topological polar surface area (TPSA) is 78.9 Å². The van der Waals surface area contributed by atoms with Gasteiger partial charge in [-0.15, -0.1) is 0 Å². The summed E-state index contributed by atoms with van der Waals surface area (Å²) >= 11 is 0. The number of esters is 3. The van der Waals surface area contributed by atoms with Crippen molar-refractivity contribution in [1.29, 1.82) is 0 Å². The third-order valence-corrected chi connectivity index (χ3v) is 15.9. The van der Waals surface area contributed by atoms with Gasteiger partial charge in [0.1, 0.15) is 13.2 Å². The molecule has 0 radical (unpaired) electrons. The summed E-state index contributed by atoms with van der Waals surface area (Å²) in [5.74, 6) is -0.877. The molecule has 0 aromatic rings. The van der Waals surface area contributed by atoms with Crippen LogP contribution in [0.1, 0.15) is 387 Å². The van der Waals surface area contributed by atoms with E-state index in [1.54, 1.807) is 0 Å². The van der Waals surface area contributed by atoms with Crippen molar-refractivity contribution in [2.45, 2.75) is 393 Å². The van der Waals surface area contributed by atoms with Crippen LogP contribution < -0.4 is 0 Å². The van der Waals surface area contributed by atoms with Crippen LogP contribution in [0.5, 0.6) is 0 Å². The number of rotatable bonds is 65. The Labute approximate surface area is 486 Å². The summed E-state index contributed by atoms with van der Waals surface area (Å²) in [7, 11) is 0. The number of unbranched alkanes of at least 4 members (excludes halogenated alkanes) is 48. The molecule has 0 aliphatic heterocycles. The van der Waals surface area contributed by atoms with Crippen LogP contribution in [0.4, 0.5) is 0 Å². The van der Waals surface area contributed by atoms with E-state index in [1.165, 1.54) is 257 Å². The van der Waals surface area contributed by atoms with E-state index in [0.29, 0.717) is 19.3 Å². The molecular weight excluding hydrogens is 961 g/mol. The molecule has 0 aromatic carbocycles. The maximum atomic E-state index is 12.9. The molecule has 0 saturated heterocycles. The van der Waals surface area contributed by atoms with Gasteiger partial charge >= 0.3 is 17.9 Å². The first-order valence-corrected chi connectivity index (χ1v) is 35.0. The average Bonchev–Trinajstić information content (AvgIpc) is 3.44. The summed E-state index contributed by atoms with van der Waals surface area (Å²) in [6.07, 6.45) is 83.4. The highest BCUT2D eigenvalue weighted by atomic mass is 16.6. The van der Waals surface area contributed by atoms with Gasteiger partial charge in [0.2, 0.25) is 0 Å². The Balaban J connectivity index is 4.09. The summed E-state index contributed by atoms with van der Waals surface area (Å²) in [5.41, 5.74) is 0. The van der Waals surface area contributed by atoms with E-state index in [1.807, 2.05) is 0 Å². The van der Waals surface area contributed by atoms with Gasteiger partial charge in [-0.25, -0.2) is 0 Å². The van der Waals surface area contributed by atoms with Crippen LogP contribution in [0.2, 0.25) is 0 Å². The summed E-state index contributed by atoms with van der Waals surface area (Å²) in [4.78, 5) is 38.3. The number of hydrogen-bond donors (Lipinski definition) is 0. The molecule has 0 saturated carbocycles. The van der Waals surface area contributed by atoms with Crippen molar-refractivity contribution in [1.82, 2.24) is 0 Å². The van der Waals surface area contributed by atoms with Gasteiger partial charge in [-0.05, 0) is 77.0 Å². The van der Waals surface area contributed by atoms with Crippen molar-refractivity contribution in [3.8, 4) is 0 Å². The molecular formula is C72H134O6. The van der Waals surface area contributed by atoms with Crippen LogP contribution in [0.25, 0.3) is 0 Å². The lowest BCUT2D eigenvalue weighted by atomic mass is 10.0. The first-order valence-electron chi connectivity index (χ1n) is 35.0. The minimum absolute atomic E-state index is 0.0766. The lowest BCUT2D eigenvalue weighted by molar-refractivity contribution is -0.167. The van der Waals surface area contributed by atoms with Crippen LogP contribution in [0, 0.1) is 0 Å². The van der Waals surface area contributed by atoms with Crippen LogP contribution in [0.15, 0.2) is 36.5 Å². The Hall–Kier alpha value is -2.37. The molecule has 6 heteroatoms. The van der Waals surface area contributed by atoms with E-state index >= 15 is 0 Å². The highest BCUT2D eigenvalue weighted by Crippen LogP contribution is 2.19. The van der Waals surface area contributed by atoms with Gasteiger partial charge in [0.05, 0.1) is 0 Å². The van der Waals surface area contributed by atoms with E-state index in [4.69, 9.17) is 14.2 Å². The molecule has 0 fully saturated rings. The SMILES string of the molecule is CCCCC/C=C\CCCCCCCC(=O)OCC(COC(=O)CCCCCCCCCCCCCCCCCCCCCCCCCCCCCCCCCC)OC(=O)CCCCCCC/C=C\C/C=C\CCCCCC. The normalized spacial score (nSPS) is 12.2. The van der Waals surface area contributed by atoms with E-state index in [0.717, 1.165) is 89.9 Å². The monoisotopic (exact) mass is 1100 g/mol. The fourth-order valence-corrected chi connectivity index (χ4v) is 10.6. The quantitative estimate of drug-likeness (QED) is 0.0261. The molecule has 0 aromatic heterocycles. The molecule has 78 heavy (non-hydrogen) atoms. The third-order valence-electron chi connectivity index (χ3n) is 15.9. The van der Waals surface area contributed by atoms with Gasteiger partial charge in [-0.3, -0.25) is 14.4 Å². The number of carbonyl (C=O) groups is 3. The lowest BCUT2D eigenvalue weighted by Gasteiger charge is -2.18.